The van der Waals surface area contributed by atoms with Crippen LogP contribution < -0.4 is 4.90 Å². The van der Waals surface area contributed by atoms with E-state index in [0.717, 1.165) is 11.1 Å². The minimum atomic E-state index is -0.928. The molecule has 0 radical (unpaired) electrons. The molecule has 4 rings (SSSR count). The van der Waals surface area contributed by atoms with E-state index in [4.69, 9.17) is 0 Å². The second kappa shape index (κ2) is 9.17. The first-order valence-electron chi connectivity index (χ1n) is 11.4. The lowest BCUT2D eigenvalue weighted by Crippen LogP contribution is -2.31. The Labute approximate surface area is 199 Å². The minimum absolute atomic E-state index is 0.0190. The van der Waals surface area contributed by atoms with Gasteiger partial charge in [-0.3, -0.25) is 19.5 Å². The summed E-state index contributed by atoms with van der Waals surface area (Å²) in [4.78, 5) is 32.2. The van der Waals surface area contributed by atoms with Gasteiger partial charge in [0.15, 0.2) is 5.82 Å². The zero-order chi connectivity index (χ0) is 24.6. The van der Waals surface area contributed by atoms with Crippen molar-refractivity contribution in [1.29, 1.82) is 0 Å². The second-order valence-corrected chi connectivity index (χ2v) is 9.15. The molecule has 1 aliphatic heterocycles. The molecule has 0 aliphatic carbocycles. The average Bonchev–Trinajstić information content (AvgIpc) is 3.09. The molecule has 0 bridgehead atoms. The van der Waals surface area contributed by atoms with Gasteiger partial charge in [-0.05, 0) is 48.1 Å². The molecule has 0 saturated carbocycles. The number of aliphatic hydroxyl groups is 1. The third-order valence-corrected chi connectivity index (χ3v) is 6.08. The summed E-state index contributed by atoms with van der Waals surface area (Å²) in [6.07, 6.45) is 1.73. The fourth-order valence-corrected chi connectivity index (χ4v) is 3.97. The molecule has 1 fully saturated rings. The highest BCUT2D eigenvalue weighted by Crippen LogP contribution is 2.41. The monoisotopic (exact) mass is 456 g/mol. The molecule has 1 amide bonds. The van der Waals surface area contributed by atoms with Crippen molar-refractivity contribution in [2.45, 2.75) is 52.5 Å². The molecule has 7 nitrogen and oxygen atoms in total. The van der Waals surface area contributed by atoms with Crippen molar-refractivity contribution >= 4 is 23.3 Å². The first kappa shape index (κ1) is 23.3. The van der Waals surface area contributed by atoms with Gasteiger partial charge in [0.1, 0.15) is 11.8 Å². The molecular weight excluding hydrogens is 428 g/mol. The van der Waals surface area contributed by atoms with Gasteiger partial charge in [-0.1, -0.05) is 58.0 Å². The maximum atomic E-state index is 13.2. The van der Waals surface area contributed by atoms with E-state index in [1.165, 1.54) is 4.90 Å². The first-order valence-corrected chi connectivity index (χ1v) is 11.4. The zero-order valence-electron chi connectivity index (χ0n) is 20.0. The number of aryl methyl sites for hydroxylation is 1. The van der Waals surface area contributed by atoms with Crippen molar-refractivity contribution < 1.29 is 14.7 Å². The number of amides is 1. The zero-order valence-corrected chi connectivity index (χ0v) is 20.0. The molecule has 0 spiro atoms. The van der Waals surface area contributed by atoms with Gasteiger partial charge >= 0.3 is 5.91 Å². The highest BCUT2D eigenvalue weighted by Gasteiger charge is 2.48. The molecule has 1 atom stereocenters. The van der Waals surface area contributed by atoms with E-state index in [-0.39, 0.29) is 23.1 Å². The van der Waals surface area contributed by atoms with Gasteiger partial charge in [0.25, 0.3) is 5.78 Å². The number of hydrogen-bond donors (Lipinski definition) is 1. The molecular formula is C27H28N4O3. The van der Waals surface area contributed by atoms with E-state index in [9.17, 15) is 14.7 Å². The Hall–Kier alpha value is -3.87. The number of hydrogen-bond acceptors (Lipinski definition) is 6. The minimum Gasteiger partial charge on any atom is -0.507 e. The topological polar surface area (TPSA) is 96.3 Å². The molecule has 2 aromatic heterocycles. The fourth-order valence-electron chi connectivity index (χ4n) is 3.97. The number of nitrogens with zero attached hydrogens (tertiary/aromatic N) is 4. The van der Waals surface area contributed by atoms with Crippen molar-refractivity contribution in [2.24, 2.45) is 0 Å². The van der Waals surface area contributed by atoms with Gasteiger partial charge in [0, 0.05) is 11.8 Å². The molecule has 1 aromatic carbocycles. The highest BCUT2D eigenvalue weighted by molar-refractivity contribution is 6.51. The number of Topliss-reactive ketones (excluding diaryl/α,β-unsaturated/α-hetero) is 1. The molecule has 3 aromatic rings. The van der Waals surface area contributed by atoms with Gasteiger partial charge in [0.2, 0.25) is 0 Å². The van der Waals surface area contributed by atoms with Crippen molar-refractivity contribution in [1.82, 2.24) is 15.2 Å². The van der Waals surface area contributed by atoms with E-state index in [2.05, 4.69) is 42.9 Å². The summed E-state index contributed by atoms with van der Waals surface area (Å²) in [5.74, 6) is -0.982. The van der Waals surface area contributed by atoms with E-state index in [1.807, 2.05) is 18.2 Å². The van der Waals surface area contributed by atoms with Crippen LogP contribution in [0.2, 0.25) is 0 Å². The molecule has 1 unspecified atom stereocenters. The van der Waals surface area contributed by atoms with Crippen molar-refractivity contribution in [3.8, 4) is 0 Å². The normalized spacial score (nSPS) is 17.7. The number of aliphatic hydroxyl groups excluding tert-OH is 1. The van der Waals surface area contributed by atoms with E-state index >= 15 is 0 Å². The molecule has 7 heteroatoms. The van der Waals surface area contributed by atoms with Gasteiger partial charge < -0.3 is 5.11 Å². The Bertz CT molecular complexity index is 1240. The Kier molecular flexibility index (Phi) is 6.28. The third kappa shape index (κ3) is 4.21. The predicted molar refractivity (Wildman–Crippen MR) is 130 cm³/mol. The summed E-state index contributed by atoms with van der Waals surface area (Å²) in [7, 11) is 0. The van der Waals surface area contributed by atoms with Crippen LogP contribution in [0.25, 0.3) is 5.76 Å². The standard InChI is InChI=1S/C27H28N4O3/c1-15(2)18-7-9-19(10-8-18)25(32)23-24(21-12-11-20(14-28-21)16(3)4)31(27(34)26(23)33)22-13-6-17(5)29-30-22/h6-16,24,32H,1-5H3. The number of pyridine rings is 1. The average molecular weight is 457 g/mol. The number of benzene rings is 1. The Morgan fingerprint density at radius 3 is 2.06 bits per heavy atom. The molecule has 3 heterocycles. The second-order valence-electron chi connectivity index (χ2n) is 9.15. The Morgan fingerprint density at radius 1 is 0.882 bits per heavy atom. The van der Waals surface area contributed by atoms with Crippen molar-refractivity contribution in [3.63, 3.8) is 0 Å². The van der Waals surface area contributed by atoms with Crippen LogP contribution in [-0.2, 0) is 9.59 Å². The Balaban J connectivity index is 1.89. The molecule has 174 valence electrons. The van der Waals surface area contributed by atoms with Crippen LogP contribution in [0.15, 0.2) is 60.3 Å². The number of ketones is 1. The first-order chi connectivity index (χ1) is 16.2. The molecule has 1 N–H and O–H groups in total. The lowest BCUT2D eigenvalue weighted by atomic mass is 9.95. The van der Waals surface area contributed by atoms with E-state index in [1.54, 1.807) is 43.5 Å². The number of rotatable bonds is 5. The summed E-state index contributed by atoms with van der Waals surface area (Å²) in [5, 5.41) is 19.4. The maximum absolute atomic E-state index is 13.2. The van der Waals surface area contributed by atoms with Gasteiger partial charge in [0.05, 0.1) is 17.0 Å². The van der Waals surface area contributed by atoms with E-state index in [0.29, 0.717) is 22.9 Å². The molecule has 34 heavy (non-hydrogen) atoms. The maximum Gasteiger partial charge on any atom is 0.301 e. The lowest BCUT2D eigenvalue weighted by Gasteiger charge is -2.23. The van der Waals surface area contributed by atoms with Crippen LogP contribution >= 0.6 is 0 Å². The molecule has 1 saturated heterocycles. The number of anilines is 1. The lowest BCUT2D eigenvalue weighted by molar-refractivity contribution is -0.132. The van der Waals surface area contributed by atoms with Crippen molar-refractivity contribution in [2.75, 3.05) is 4.90 Å². The van der Waals surface area contributed by atoms with Gasteiger partial charge in [-0.15, -0.1) is 5.10 Å². The quantitative estimate of drug-likeness (QED) is 0.328. The third-order valence-electron chi connectivity index (χ3n) is 6.08. The van der Waals surface area contributed by atoms with Crippen molar-refractivity contribution in [3.05, 3.63) is 88.4 Å². The Morgan fingerprint density at radius 2 is 1.53 bits per heavy atom. The van der Waals surface area contributed by atoms with Gasteiger partial charge in [-0.2, -0.15) is 5.10 Å². The van der Waals surface area contributed by atoms with Crippen LogP contribution in [-0.4, -0.2) is 32.0 Å². The van der Waals surface area contributed by atoms with Crippen LogP contribution in [0.1, 0.15) is 73.7 Å². The number of aromatic nitrogens is 3. The van der Waals surface area contributed by atoms with Gasteiger partial charge in [-0.25, -0.2) is 0 Å². The SMILES string of the molecule is Cc1ccc(N2C(=O)C(=O)C(=C(O)c3ccc(C(C)C)cc3)C2c2ccc(C(C)C)cn2)nn1. The highest BCUT2D eigenvalue weighted by atomic mass is 16.3. The largest absolute Gasteiger partial charge is 0.507 e. The smallest absolute Gasteiger partial charge is 0.301 e. The summed E-state index contributed by atoms with van der Waals surface area (Å²) < 4.78 is 0. The van der Waals surface area contributed by atoms with Crippen LogP contribution in [0, 0.1) is 6.92 Å². The number of carbonyl (C=O) groups excluding carboxylic acids is 2. The molecule has 1 aliphatic rings. The summed E-state index contributed by atoms with van der Waals surface area (Å²) in [5.41, 5.74) is 3.72. The fraction of sp³-hybridized carbons (Fsp3) is 0.296. The predicted octanol–water partition coefficient (Wildman–Crippen LogP) is 5.05. The van der Waals surface area contributed by atoms with Crippen LogP contribution in [0.5, 0.6) is 0 Å². The summed E-state index contributed by atoms with van der Waals surface area (Å²) in [6, 6.07) is 13.5. The number of carbonyl (C=O) groups is 2. The van der Waals surface area contributed by atoms with E-state index < -0.39 is 17.7 Å². The van der Waals surface area contributed by atoms with Crippen LogP contribution in [0.4, 0.5) is 5.82 Å². The summed E-state index contributed by atoms with van der Waals surface area (Å²) in [6.45, 7) is 10.1. The van der Waals surface area contributed by atoms with Crippen LogP contribution in [0.3, 0.4) is 0 Å². The summed E-state index contributed by atoms with van der Waals surface area (Å²) >= 11 is 0.